The molecule has 0 spiro atoms. The van der Waals surface area contributed by atoms with Crippen LogP contribution in [0.2, 0.25) is 0 Å². The van der Waals surface area contributed by atoms with Gasteiger partial charge in [-0.1, -0.05) is 18.2 Å². The molecule has 3 heterocycles. The van der Waals surface area contributed by atoms with E-state index in [1.54, 1.807) is 12.3 Å². The second-order valence-corrected chi connectivity index (χ2v) is 5.97. The fraction of sp³-hybridized carbons (Fsp3) is 0.167. The Balaban J connectivity index is 1.65. The van der Waals surface area contributed by atoms with Crippen molar-refractivity contribution in [2.45, 2.75) is 12.3 Å². The van der Waals surface area contributed by atoms with Gasteiger partial charge in [0.25, 0.3) is 0 Å². The minimum atomic E-state index is -0.182. The van der Waals surface area contributed by atoms with Gasteiger partial charge in [0.05, 0.1) is 5.69 Å². The zero-order valence-corrected chi connectivity index (χ0v) is 12.9. The molecule has 1 amide bonds. The van der Waals surface area contributed by atoms with E-state index < -0.39 is 0 Å². The molecule has 6 nitrogen and oxygen atoms in total. The number of rotatable bonds is 2. The Morgan fingerprint density at radius 1 is 1.21 bits per heavy atom. The summed E-state index contributed by atoms with van der Waals surface area (Å²) >= 11 is 0. The number of pyridine rings is 2. The molecule has 4 rings (SSSR count). The summed E-state index contributed by atoms with van der Waals surface area (Å²) in [6.45, 7) is 0.604. The van der Waals surface area contributed by atoms with Crippen molar-refractivity contribution in [3.63, 3.8) is 0 Å². The van der Waals surface area contributed by atoms with Crippen molar-refractivity contribution in [2.24, 2.45) is 0 Å². The van der Waals surface area contributed by atoms with Crippen LogP contribution < -0.4 is 16.6 Å². The molecule has 0 aromatic carbocycles. The van der Waals surface area contributed by atoms with Gasteiger partial charge < -0.3 is 16.0 Å². The number of nitrogens with zero attached hydrogens (tertiary/aromatic N) is 1. The number of anilines is 1. The minimum absolute atomic E-state index is 0.00557. The van der Waals surface area contributed by atoms with Crippen molar-refractivity contribution in [1.82, 2.24) is 15.3 Å². The van der Waals surface area contributed by atoms with Gasteiger partial charge in [-0.3, -0.25) is 9.59 Å². The highest BCUT2D eigenvalue weighted by molar-refractivity contribution is 5.98. The number of aromatic amines is 1. The SMILES string of the molecule is Nc1nc(-c2cc[nH]c(=O)c2)ccc1C1C=CC2=C(C1)C(=O)NC2. The Kier molecular flexibility index (Phi) is 3.30. The first-order chi connectivity index (χ1) is 11.6. The van der Waals surface area contributed by atoms with Crippen LogP contribution in [0.1, 0.15) is 17.9 Å². The van der Waals surface area contributed by atoms with Crippen molar-refractivity contribution in [1.29, 1.82) is 0 Å². The number of nitrogens with two attached hydrogens (primary N) is 1. The van der Waals surface area contributed by atoms with Gasteiger partial charge in [0.2, 0.25) is 11.5 Å². The molecule has 0 radical (unpaired) electrons. The average Bonchev–Trinajstić information content (AvgIpc) is 2.95. The lowest BCUT2D eigenvalue weighted by molar-refractivity contribution is -0.116. The number of carbonyl (C=O) groups excluding carboxylic acids is 1. The van der Waals surface area contributed by atoms with Crippen molar-refractivity contribution in [3.8, 4) is 11.3 Å². The zero-order chi connectivity index (χ0) is 16.7. The number of hydrogen-bond acceptors (Lipinski definition) is 4. The quantitative estimate of drug-likeness (QED) is 0.780. The first-order valence-corrected chi connectivity index (χ1v) is 7.76. The average molecular weight is 320 g/mol. The highest BCUT2D eigenvalue weighted by atomic mass is 16.2. The predicted molar refractivity (Wildman–Crippen MR) is 91.2 cm³/mol. The monoisotopic (exact) mass is 320 g/mol. The maximum absolute atomic E-state index is 11.9. The van der Waals surface area contributed by atoms with Crippen LogP contribution in [-0.4, -0.2) is 22.4 Å². The fourth-order valence-corrected chi connectivity index (χ4v) is 3.22. The largest absolute Gasteiger partial charge is 0.383 e. The van der Waals surface area contributed by atoms with E-state index >= 15 is 0 Å². The van der Waals surface area contributed by atoms with E-state index in [0.717, 1.165) is 22.3 Å². The van der Waals surface area contributed by atoms with Crippen LogP contribution in [0.15, 0.2) is 58.6 Å². The molecule has 0 saturated heterocycles. The summed E-state index contributed by atoms with van der Waals surface area (Å²) in [7, 11) is 0. The third-order valence-corrected chi connectivity index (χ3v) is 4.48. The summed E-state index contributed by atoms with van der Waals surface area (Å²) < 4.78 is 0. The lowest BCUT2D eigenvalue weighted by Crippen LogP contribution is -2.18. The molecule has 1 atom stereocenters. The van der Waals surface area contributed by atoms with E-state index in [0.29, 0.717) is 24.5 Å². The summed E-state index contributed by atoms with van der Waals surface area (Å²) in [6.07, 6.45) is 6.28. The van der Waals surface area contributed by atoms with Crippen LogP contribution in [0.5, 0.6) is 0 Å². The van der Waals surface area contributed by atoms with Gasteiger partial charge in [0.1, 0.15) is 5.82 Å². The van der Waals surface area contributed by atoms with Crippen LogP contribution in [0.3, 0.4) is 0 Å². The lowest BCUT2D eigenvalue weighted by Gasteiger charge is -2.19. The van der Waals surface area contributed by atoms with Crippen LogP contribution >= 0.6 is 0 Å². The van der Waals surface area contributed by atoms with Gasteiger partial charge in [-0.05, 0) is 24.1 Å². The number of H-pyrrole nitrogens is 1. The highest BCUT2D eigenvalue weighted by Crippen LogP contribution is 2.35. The van der Waals surface area contributed by atoms with Crippen LogP contribution in [-0.2, 0) is 4.79 Å². The first kappa shape index (κ1) is 14.4. The molecule has 1 unspecified atom stereocenters. The standard InChI is InChI=1S/C18H16N4O2/c19-17-13(10-1-2-12-9-21-18(24)14(12)7-10)3-4-15(22-17)11-5-6-20-16(23)8-11/h1-6,8,10H,7,9H2,(H2,19,22)(H,20,23)(H,21,24). The molecule has 0 fully saturated rings. The van der Waals surface area contributed by atoms with E-state index in [-0.39, 0.29) is 17.4 Å². The van der Waals surface area contributed by atoms with Gasteiger partial charge in [-0.25, -0.2) is 4.98 Å². The maximum atomic E-state index is 11.9. The lowest BCUT2D eigenvalue weighted by atomic mass is 9.86. The van der Waals surface area contributed by atoms with Crippen molar-refractivity contribution >= 4 is 11.7 Å². The fourth-order valence-electron chi connectivity index (χ4n) is 3.22. The number of amides is 1. The molecule has 2 aromatic rings. The minimum Gasteiger partial charge on any atom is -0.383 e. The number of nitrogen functional groups attached to an aromatic ring is 1. The molecule has 0 bridgehead atoms. The summed E-state index contributed by atoms with van der Waals surface area (Å²) in [5, 5.41) is 2.84. The number of hydrogen-bond donors (Lipinski definition) is 3. The normalized spacial score (nSPS) is 19.3. The zero-order valence-electron chi connectivity index (χ0n) is 12.9. The van der Waals surface area contributed by atoms with Crippen LogP contribution in [0, 0.1) is 0 Å². The Hall–Kier alpha value is -3.15. The molecule has 2 aromatic heterocycles. The molecule has 1 aliphatic heterocycles. The summed E-state index contributed by atoms with van der Waals surface area (Å²) in [5.74, 6) is 0.462. The van der Waals surface area contributed by atoms with E-state index in [1.807, 2.05) is 18.2 Å². The summed E-state index contributed by atoms with van der Waals surface area (Å²) in [5.41, 5.74) is 10.1. The second kappa shape index (κ2) is 5.49. The van der Waals surface area contributed by atoms with Crippen molar-refractivity contribution in [2.75, 3.05) is 12.3 Å². The van der Waals surface area contributed by atoms with Crippen LogP contribution in [0.25, 0.3) is 11.3 Å². The number of carbonyl (C=O) groups is 1. The van der Waals surface area contributed by atoms with Crippen molar-refractivity contribution in [3.05, 3.63) is 69.7 Å². The molecule has 2 aliphatic rings. The van der Waals surface area contributed by atoms with Gasteiger partial charge in [0, 0.05) is 41.4 Å². The first-order valence-electron chi connectivity index (χ1n) is 7.76. The Bertz CT molecular complexity index is 955. The summed E-state index contributed by atoms with van der Waals surface area (Å²) in [6, 6.07) is 7.05. The molecular weight excluding hydrogens is 304 g/mol. The molecule has 24 heavy (non-hydrogen) atoms. The van der Waals surface area contributed by atoms with Crippen LogP contribution in [0.4, 0.5) is 5.82 Å². The number of nitrogens with one attached hydrogen (secondary N) is 2. The molecule has 4 N–H and O–H groups in total. The summed E-state index contributed by atoms with van der Waals surface area (Å²) in [4.78, 5) is 30.3. The van der Waals surface area contributed by atoms with Gasteiger partial charge in [-0.15, -0.1) is 0 Å². The third kappa shape index (κ3) is 2.42. The Labute approximate surface area is 138 Å². The van der Waals surface area contributed by atoms with E-state index in [1.165, 1.54) is 6.07 Å². The van der Waals surface area contributed by atoms with E-state index in [9.17, 15) is 9.59 Å². The van der Waals surface area contributed by atoms with Crippen molar-refractivity contribution < 1.29 is 4.79 Å². The highest BCUT2D eigenvalue weighted by Gasteiger charge is 2.28. The van der Waals surface area contributed by atoms with E-state index in [2.05, 4.69) is 21.4 Å². The number of aromatic nitrogens is 2. The van der Waals surface area contributed by atoms with Gasteiger partial charge >= 0.3 is 0 Å². The van der Waals surface area contributed by atoms with Gasteiger partial charge in [-0.2, -0.15) is 0 Å². The smallest absolute Gasteiger partial charge is 0.248 e. The molecule has 0 saturated carbocycles. The Morgan fingerprint density at radius 3 is 2.88 bits per heavy atom. The third-order valence-electron chi connectivity index (χ3n) is 4.48. The molecule has 6 heteroatoms. The topological polar surface area (TPSA) is 101 Å². The maximum Gasteiger partial charge on any atom is 0.248 e. The molecule has 120 valence electrons. The number of allylic oxidation sites excluding steroid dienone is 1. The van der Waals surface area contributed by atoms with E-state index in [4.69, 9.17) is 5.73 Å². The van der Waals surface area contributed by atoms with Gasteiger partial charge in [0.15, 0.2) is 0 Å². The Morgan fingerprint density at radius 2 is 2.08 bits per heavy atom. The molecule has 1 aliphatic carbocycles. The molecular formula is C18H16N4O2. The second-order valence-electron chi connectivity index (χ2n) is 5.97. The predicted octanol–water partition coefficient (Wildman–Crippen LogP) is 1.49.